The monoisotopic (exact) mass is 471 g/mol. The average molecular weight is 472 g/mol. The number of benzene rings is 2. The Morgan fingerprint density at radius 1 is 1.09 bits per heavy atom. The number of ether oxygens (including phenoxy) is 1. The highest BCUT2D eigenvalue weighted by molar-refractivity contribution is 6.32. The first kappa shape index (κ1) is 24.7. The van der Waals surface area contributed by atoms with Crippen molar-refractivity contribution >= 4 is 28.5 Å². The van der Waals surface area contributed by atoms with Gasteiger partial charge in [0.1, 0.15) is 0 Å². The predicted octanol–water partition coefficient (Wildman–Crippen LogP) is 3.94. The Kier molecular flexibility index (Phi) is 7.76. The van der Waals surface area contributed by atoms with E-state index in [1.165, 1.54) is 0 Å². The molecule has 0 aliphatic rings. The summed E-state index contributed by atoms with van der Waals surface area (Å²) < 4.78 is 7.94. The minimum Gasteiger partial charge on any atom is -0.462 e. The van der Waals surface area contributed by atoms with Crippen molar-refractivity contribution in [3.8, 4) is 5.69 Å². The number of rotatable bonds is 8. The Morgan fingerprint density at radius 2 is 1.76 bits per heavy atom. The van der Waals surface area contributed by atoms with Gasteiger partial charge < -0.3 is 9.64 Å². The molecule has 0 atom stereocenters. The number of hydrogen-bond acceptors (Lipinski definition) is 5. The van der Waals surface area contributed by atoms with Crippen LogP contribution < -0.4 is 11.2 Å². The Bertz CT molecular complexity index is 1310. The summed E-state index contributed by atoms with van der Waals surface area (Å²) in [4.78, 5) is 42.2. The van der Waals surface area contributed by atoms with E-state index in [1.54, 1.807) is 55.7 Å². The van der Waals surface area contributed by atoms with Gasteiger partial charge in [0.2, 0.25) is 0 Å². The van der Waals surface area contributed by atoms with Gasteiger partial charge in [-0.25, -0.2) is 14.2 Å². The second kappa shape index (κ2) is 10.4. The molecular formula is C25H30ClN3O4. The third-order valence-electron chi connectivity index (χ3n) is 5.99. The van der Waals surface area contributed by atoms with Gasteiger partial charge in [-0.05, 0) is 63.2 Å². The largest absolute Gasteiger partial charge is 0.462 e. The number of halogens is 1. The second-order valence-electron chi connectivity index (χ2n) is 7.86. The zero-order valence-electron chi connectivity index (χ0n) is 19.8. The molecule has 1 aromatic heterocycles. The molecule has 176 valence electrons. The fourth-order valence-corrected chi connectivity index (χ4v) is 4.45. The van der Waals surface area contributed by atoms with Crippen molar-refractivity contribution in [2.45, 2.75) is 41.2 Å². The number of esters is 1. The fraction of sp³-hybridized carbons (Fsp3) is 0.400. The number of carbonyl (C=O) groups excluding carboxylic acids is 1. The van der Waals surface area contributed by atoms with Gasteiger partial charge in [-0.3, -0.25) is 9.36 Å². The molecule has 0 saturated heterocycles. The highest BCUT2D eigenvalue weighted by Crippen LogP contribution is 2.25. The first-order valence-electron chi connectivity index (χ1n) is 11.2. The standard InChI is InChI=1S/C25H30ClN3O4/c1-6-27(7-2)13-14-28-20-15-16(4)21(24(31)33-8-3)17(5)22(20)23(30)29(25(28)32)19-12-10-9-11-18(19)26/h9-12,15H,6-8,13-14H2,1-5H3. The van der Waals surface area contributed by atoms with E-state index in [4.69, 9.17) is 16.3 Å². The lowest BCUT2D eigenvalue weighted by Crippen LogP contribution is -2.41. The maximum atomic E-state index is 13.7. The van der Waals surface area contributed by atoms with E-state index < -0.39 is 17.2 Å². The van der Waals surface area contributed by atoms with Gasteiger partial charge in [0, 0.05) is 13.1 Å². The second-order valence-corrected chi connectivity index (χ2v) is 8.27. The van der Waals surface area contributed by atoms with Crippen molar-refractivity contribution in [3.05, 3.63) is 72.9 Å². The number of para-hydroxylation sites is 1. The molecule has 3 rings (SSSR count). The van der Waals surface area contributed by atoms with Gasteiger partial charge in [-0.1, -0.05) is 37.6 Å². The smallest absolute Gasteiger partial charge is 0.338 e. The number of aryl methyl sites for hydroxylation is 2. The summed E-state index contributed by atoms with van der Waals surface area (Å²) in [5, 5.41) is 0.601. The molecular weight excluding hydrogens is 442 g/mol. The topological polar surface area (TPSA) is 73.5 Å². The van der Waals surface area contributed by atoms with Crippen molar-refractivity contribution in [2.24, 2.45) is 0 Å². The minimum absolute atomic E-state index is 0.225. The Morgan fingerprint density at radius 3 is 2.36 bits per heavy atom. The molecule has 0 fully saturated rings. The van der Waals surface area contributed by atoms with Crippen molar-refractivity contribution < 1.29 is 9.53 Å². The summed E-state index contributed by atoms with van der Waals surface area (Å²) in [5.74, 6) is -0.487. The third-order valence-corrected chi connectivity index (χ3v) is 6.31. The van der Waals surface area contributed by atoms with Crippen LogP contribution in [0.15, 0.2) is 39.9 Å². The summed E-state index contributed by atoms with van der Waals surface area (Å²) in [6.45, 7) is 12.3. The third kappa shape index (κ3) is 4.61. The van der Waals surface area contributed by atoms with Crippen LogP contribution in [0.4, 0.5) is 0 Å². The molecule has 0 bridgehead atoms. The highest BCUT2D eigenvalue weighted by atomic mass is 35.5. The normalized spacial score (nSPS) is 11.4. The van der Waals surface area contributed by atoms with E-state index in [0.29, 0.717) is 51.4 Å². The summed E-state index contributed by atoms with van der Waals surface area (Å²) >= 11 is 6.38. The molecule has 2 aromatic carbocycles. The van der Waals surface area contributed by atoms with Crippen LogP contribution in [0.1, 0.15) is 42.3 Å². The van der Waals surface area contributed by atoms with Crippen LogP contribution in [-0.2, 0) is 11.3 Å². The lowest BCUT2D eigenvalue weighted by atomic mass is 9.98. The van der Waals surface area contributed by atoms with E-state index in [-0.39, 0.29) is 6.61 Å². The van der Waals surface area contributed by atoms with Crippen LogP contribution in [-0.4, -0.2) is 46.2 Å². The number of hydrogen-bond donors (Lipinski definition) is 0. The first-order valence-corrected chi connectivity index (χ1v) is 11.6. The lowest BCUT2D eigenvalue weighted by Gasteiger charge is -2.22. The van der Waals surface area contributed by atoms with E-state index >= 15 is 0 Å². The molecule has 1 heterocycles. The zero-order chi connectivity index (χ0) is 24.3. The highest BCUT2D eigenvalue weighted by Gasteiger charge is 2.23. The van der Waals surface area contributed by atoms with Crippen LogP contribution in [0.2, 0.25) is 5.02 Å². The van der Waals surface area contributed by atoms with Gasteiger partial charge >= 0.3 is 11.7 Å². The minimum atomic E-state index is -0.509. The van der Waals surface area contributed by atoms with Crippen molar-refractivity contribution in [3.63, 3.8) is 0 Å². The molecule has 7 nitrogen and oxygen atoms in total. The SMILES string of the molecule is CCOC(=O)c1c(C)cc2c(c1C)c(=O)n(-c1ccccc1Cl)c(=O)n2CCN(CC)CC. The summed E-state index contributed by atoms with van der Waals surface area (Å²) in [6.07, 6.45) is 0. The van der Waals surface area contributed by atoms with Gasteiger partial charge in [-0.2, -0.15) is 0 Å². The molecule has 0 aliphatic heterocycles. The Labute approximate surface area is 198 Å². The van der Waals surface area contributed by atoms with Crippen LogP contribution >= 0.6 is 11.6 Å². The molecule has 0 radical (unpaired) electrons. The number of carbonyl (C=O) groups is 1. The Hall–Kier alpha value is -2.90. The van der Waals surface area contributed by atoms with Crippen LogP contribution in [0.25, 0.3) is 16.6 Å². The molecule has 0 N–H and O–H groups in total. The van der Waals surface area contributed by atoms with Gasteiger partial charge in [0.15, 0.2) is 0 Å². The van der Waals surface area contributed by atoms with Crippen LogP contribution in [0.3, 0.4) is 0 Å². The number of aromatic nitrogens is 2. The van der Waals surface area contributed by atoms with E-state index in [1.807, 2.05) is 0 Å². The van der Waals surface area contributed by atoms with E-state index in [9.17, 15) is 14.4 Å². The fourth-order valence-electron chi connectivity index (χ4n) is 4.23. The average Bonchev–Trinajstić information content (AvgIpc) is 2.77. The molecule has 33 heavy (non-hydrogen) atoms. The predicted molar refractivity (Wildman–Crippen MR) is 132 cm³/mol. The number of likely N-dealkylation sites (N-methyl/N-ethyl adjacent to an activating group) is 1. The first-order chi connectivity index (χ1) is 15.8. The molecule has 8 heteroatoms. The molecule has 0 aliphatic carbocycles. The maximum Gasteiger partial charge on any atom is 0.338 e. The Balaban J connectivity index is 2.42. The van der Waals surface area contributed by atoms with Crippen molar-refractivity contribution in [1.29, 1.82) is 0 Å². The number of nitrogens with zero attached hydrogens (tertiary/aromatic N) is 3. The summed E-state index contributed by atoms with van der Waals surface area (Å²) in [7, 11) is 0. The summed E-state index contributed by atoms with van der Waals surface area (Å²) in [6, 6.07) is 8.48. The van der Waals surface area contributed by atoms with Crippen LogP contribution in [0.5, 0.6) is 0 Å². The van der Waals surface area contributed by atoms with E-state index in [2.05, 4.69) is 18.7 Å². The quantitative estimate of drug-likeness (QED) is 0.465. The number of fused-ring (bicyclic) bond motifs is 1. The molecule has 0 saturated carbocycles. The van der Waals surface area contributed by atoms with Gasteiger partial charge in [0.05, 0.1) is 33.8 Å². The summed E-state index contributed by atoms with van der Waals surface area (Å²) in [5.41, 5.74) is 1.34. The zero-order valence-corrected chi connectivity index (χ0v) is 20.5. The molecule has 3 aromatic rings. The van der Waals surface area contributed by atoms with Gasteiger partial charge in [0.25, 0.3) is 5.56 Å². The van der Waals surface area contributed by atoms with Crippen LogP contribution in [0, 0.1) is 13.8 Å². The van der Waals surface area contributed by atoms with E-state index in [0.717, 1.165) is 17.7 Å². The molecule has 0 spiro atoms. The van der Waals surface area contributed by atoms with Crippen molar-refractivity contribution in [1.82, 2.24) is 14.0 Å². The molecule has 0 unspecified atom stereocenters. The van der Waals surface area contributed by atoms with Gasteiger partial charge in [-0.15, -0.1) is 0 Å². The maximum absolute atomic E-state index is 13.7. The molecule has 0 amide bonds. The lowest BCUT2D eigenvalue weighted by molar-refractivity contribution is 0.0525. The van der Waals surface area contributed by atoms with Crippen molar-refractivity contribution in [2.75, 3.05) is 26.2 Å².